The van der Waals surface area contributed by atoms with Crippen LogP contribution in [0.3, 0.4) is 0 Å². The summed E-state index contributed by atoms with van der Waals surface area (Å²) in [6, 6.07) is -0.735. The normalized spacial score (nSPS) is 24.0. The first-order chi connectivity index (χ1) is 8.11. The quantitative estimate of drug-likeness (QED) is 0.713. The molecule has 0 radical (unpaired) electrons. The Hall–Kier alpha value is -0.710. The zero-order valence-corrected chi connectivity index (χ0v) is 11.3. The lowest BCUT2D eigenvalue weighted by Crippen LogP contribution is -2.50. The molecule has 1 aliphatic heterocycles. The second-order valence-corrected chi connectivity index (χ2v) is 5.53. The van der Waals surface area contributed by atoms with Crippen LogP contribution in [0.25, 0.3) is 0 Å². The molecular formula is C12H20NO3S-. The summed E-state index contributed by atoms with van der Waals surface area (Å²) in [5.41, 5.74) is 0. The van der Waals surface area contributed by atoms with Gasteiger partial charge in [-0.1, -0.05) is 26.7 Å². The first-order valence-corrected chi connectivity index (χ1v) is 7.30. The van der Waals surface area contributed by atoms with Gasteiger partial charge in [0.15, 0.2) is 0 Å². The Bertz CT molecular complexity index is 283. The topological polar surface area (TPSA) is 60.4 Å². The Kier molecular flexibility index (Phi) is 5.82. The van der Waals surface area contributed by atoms with Crippen molar-refractivity contribution in [2.24, 2.45) is 0 Å². The number of carboxylic acids is 1. The second-order valence-electron chi connectivity index (χ2n) is 4.32. The van der Waals surface area contributed by atoms with E-state index in [9.17, 15) is 14.7 Å². The highest BCUT2D eigenvalue weighted by molar-refractivity contribution is 8.00. The van der Waals surface area contributed by atoms with Crippen LogP contribution in [0.2, 0.25) is 0 Å². The van der Waals surface area contributed by atoms with Gasteiger partial charge in [0.25, 0.3) is 0 Å². The molecule has 1 saturated heterocycles. The number of thioether (sulfide) groups is 1. The molecule has 0 N–H and O–H groups in total. The first kappa shape index (κ1) is 14.4. The van der Waals surface area contributed by atoms with Gasteiger partial charge in [0.05, 0.1) is 17.4 Å². The number of unbranched alkanes of at least 4 members (excludes halogenated alkanes) is 1. The van der Waals surface area contributed by atoms with Crippen molar-refractivity contribution in [1.29, 1.82) is 0 Å². The number of rotatable bonds is 6. The third-order valence-corrected chi connectivity index (χ3v) is 4.29. The predicted octanol–water partition coefficient (Wildman–Crippen LogP) is 0.997. The maximum atomic E-state index is 12.0. The zero-order valence-electron chi connectivity index (χ0n) is 10.5. The van der Waals surface area contributed by atoms with Crippen molar-refractivity contribution >= 4 is 23.6 Å². The third kappa shape index (κ3) is 3.63. The molecule has 2 atom stereocenters. The summed E-state index contributed by atoms with van der Waals surface area (Å²) >= 11 is 1.56. The molecule has 1 amide bonds. The van der Waals surface area contributed by atoms with Crippen LogP contribution >= 0.6 is 11.8 Å². The molecule has 1 heterocycles. The lowest BCUT2D eigenvalue weighted by molar-refractivity contribution is -0.310. The van der Waals surface area contributed by atoms with Crippen LogP contribution in [0.15, 0.2) is 0 Å². The minimum Gasteiger partial charge on any atom is -0.548 e. The van der Waals surface area contributed by atoms with Gasteiger partial charge in [-0.15, -0.1) is 11.8 Å². The van der Waals surface area contributed by atoms with Crippen molar-refractivity contribution in [3.05, 3.63) is 0 Å². The molecule has 1 aliphatic rings. The molecule has 0 aromatic heterocycles. The smallest absolute Gasteiger partial charge is 0.224 e. The van der Waals surface area contributed by atoms with Crippen LogP contribution in [0, 0.1) is 0 Å². The minimum atomic E-state index is -1.12. The highest BCUT2D eigenvalue weighted by Crippen LogP contribution is 2.32. The summed E-state index contributed by atoms with van der Waals surface area (Å²) in [5, 5.41) is 11.0. The first-order valence-electron chi connectivity index (χ1n) is 6.25. The van der Waals surface area contributed by atoms with E-state index in [1.165, 1.54) is 0 Å². The highest BCUT2D eigenvalue weighted by atomic mass is 32.2. The van der Waals surface area contributed by atoms with Crippen molar-refractivity contribution in [1.82, 2.24) is 4.90 Å². The van der Waals surface area contributed by atoms with Crippen LogP contribution in [0.4, 0.5) is 0 Å². The van der Waals surface area contributed by atoms with E-state index >= 15 is 0 Å². The molecule has 0 bridgehead atoms. The summed E-state index contributed by atoms with van der Waals surface area (Å²) in [5.74, 6) is -0.698. The zero-order chi connectivity index (χ0) is 12.8. The Morgan fingerprint density at radius 2 is 2.06 bits per heavy atom. The number of carbonyl (C=O) groups is 2. The predicted molar refractivity (Wildman–Crippen MR) is 66.3 cm³/mol. The fourth-order valence-electron chi connectivity index (χ4n) is 2.01. The van der Waals surface area contributed by atoms with Gasteiger partial charge in [-0.3, -0.25) is 4.79 Å². The average molecular weight is 258 g/mol. The van der Waals surface area contributed by atoms with E-state index < -0.39 is 12.0 Å². The monoisotopic (exact) mass is 258 g/mol. The van der Waals surface area contributed by atoms with Crippen molar-refractivity contribution in [3.63, 3.8) is 0 Å². The fourth-order valence-corrected chi connectivity index (χ4v) is 3.53. The summed E-state index contributed by atoms with van der Waals surface area (Å²) in [7, 11) is 0. The van der Waals surface area contributed by atoms with Crippen LogP contribution in [0.5, 0.6) is 0 Å². The molecule has 0 unspecified atom stereocenters. The second kappa shape index (κ2) is 6.89. The molecule has 0 spiro atoms. The van der Waals surface area contributed by atoms with E-state index in [-0.39, 0.29) is 11.3 Å². The molecule has 4 nitrogen and oxygen atoms in total. The van der Waals surface area contributed by atoms with Crippen LogP contribution < -0.4 is 5.11 Å². The molecule has 1 rings (SSSR count). The standard InChI is InChI=1S/C12H21NO3S/c1-3-5-7-10(14)13-9(12(15)16)8-17-11(13)6-4-2/h9,11H,3-8H2,1-2H3,(H,15,16)/p-1/t9-,11-/m1/s1. The number of nitrogens with zero attached hydrogens (tertiary/aromatic N) is 1. The van der Waals surface area contributed by atoms with Crippen molar-refractivity contribution in [3.8, 4) is 0 Å². The van der Waals surface area contributed by atoms with Gasteiger partial charge < -0.3 is 14.8 Å². The van der Waals surface area contributed by atoms with Crippen LogP contribution in [-0.4, -0.2) is 33.9 Å². The molecule has 0 aromatic carbocycles. The third-order valence-electron chi connectivity index (χ3n) is 2.93. The van der Waals surface area contributed by atoms with Crippen LogP contribution in [-0.2, 0) is 9.59 Å². The molecular weight excluding hydrogens is 238 g/mol. The van der Waals surface area contributed by atoms with Gasteiger partial charge in [-0.2, -0.15) is 0 Å². The molecule has 17 heavy (non-hydrogen) atoms. The maximum absolute atomic E-state index is 12.0. The molecule has 0 saturated carbocycles. The lowest BCUT2D eigenvalue weighted by Gasteiger charge is -2.30. The molecule has 98 valence electrons. The van der Waals surface area contributed by atoms with E-state index in [2.05, 4.69) is 0 Å². The van der Waals surface area contributed by atoms with Gasteiger partial charge >= 0.3 is 0 Å². The summed E-state index contributed by atoms with van der Waals surface area (Å²) in [6.07, 6.45) is 4.02. The fraction of sp³-hybridized carbons (Fsp3) is 0.833. The SMILES string of the molecule is CCCCC(=O)N1[C@@H](C(=O)[O-])CS[C@@H]1CCC. The largest absolute Gasteiger partial charge is 0.548 e. The Morgan fingerprint density at radius 1 is 1.35 bits per heavy atom. The minimum absolute atomic E-state index is 0.0206. The molecule has 0 aliphatic carbocycles. The summed E-state index contributed by atoms with van der Waals surface area (Å²) in [4.78, 5) is 24.6. The number of hydrogen-bond donors (Lipinski definition) is 0. The van der Waals surface area contributed by atoms with Crippen molar-refractivity contribution < 1.29 is 14.7 Å². The Labute approximate surface area is 107 Å². The highest BCUT2D eigenvalue weighted by Gasteiger charge is 2.37. The van der Waals surface area contributed by atoms with E-state index in [1.54, 1.807) is 16.7 Å². The van der Waals surface area contributed by atoms with E-state index in [0.717, 1.165) is 25.7 Å². The summed E-state index contributed by atoms with van der Waals surface area (Å²) in [6.45, 7) is 4.06. The van der Waals surface area contributed by atoms with Gasteiger partial charge in [0, 0.05) is 12.2 Å². The van der Waals surface area contributed by atoms with Gasteiger partial charge in [-0.05, 0) is 12.8 Å². The Morgan fingerprint density at radius 3 is 2.59 bits per heavy atom. The van der Waals surface area contributed by atoms with E-state index in [4.69, 9.17) is 0 Å². The Balaban J connectivity index is 2.70. The molecule has 5 heteroatoms. The van der Waals surface area contributed by atoms with Gasteiger partial charge in [-0.25, -0.2) is 0 Å². The average Bonchev–Trinajstić information content (AvgIpc) is 2.70. The van der Waals surface area contributed by atoms with Gasteiger partial charge in [0.1, 0.15) is 0 Å². The number of aliphatic carboxylic acids is 1. The number of carboxylic acid groups (broad SMARTS) is 1. The van der Waals surface area contributed by atoms with Crippen LogP contribution in [0.1, 0.15) is 46.0 Å². The van der Waals surface area contributed by atoms with E-state index in [0.29, 0.717) is 12.2 Å². The number of amides is 1. The molecule has 1 fully saturated rings. The lowest BCUT2D eigenvalue weighted by atomic mass is 10.2. The molecule has 0 aromatic rings. The van der Waals surface area contributed by atoms with Crippen molar-refractivity contribution in [2.45, 2.75) is 57.4 Å². The number of carbonyl (C=O) groups excluding carboxylic acids is 2. The van der Waals surface area contributed by atoms with Gasteiger partial charge in [0.2, 0.25) is 5.91 Å². The van der Waals surface area contributed by atoms with E-state index in [1.807, 2.05) is 13.8 Å². The van der Waals surface area contributed by atoms with Crippen molar-refractivity contribution in [2.75, 3.05) is 5.75 Å². The summed E-state index contributed by atoms with van der Waals surface area (Å²) < 4.78 is 0. The number of hydrogen-bond acceptors (Lipinski definition) is 4. The maximum Gasteiger partial charge on any atom is 0.224 e.